The van der Waals surface area contributed by atoms with Crippen LogP contribution in [0.1, 0.15) is 0 Å². The standard InChI is InChI=1S/C16H12N6O/c1-3-8-11(4-2)17-13-14(18-12-9-6-5-7-10-12)20-16-15(19-13)21-23-22-16/h2-3,5-10H,1H2,(H,17,19,21)(H,18,20,22)/b11-8+. The first-order valence-electron chi connectivity index (χ1n) is 6.69. The third-order valence-corrected chi connectivity index (χ3v) is 2.84. The van der Waals surface area contributed by atoms with Gasteiger partial charge in [0.15, 0.2) is 11.6 Å². The first-order chi connectivity index (χ1) is 11.3. The molecular weight excluding hydrogens is 292 g/mol. The van der Waals surface area contributed by atoms with Crippen LogP contribution >= 0.6 is 0 Å². The molecule has 0 bridgehead atoms. The van der Waals surface area contributed by atoms with Gasteiger partial charge in [0.1, 0.15) is 0 Å². The summed E-state index contributed by atoms with van der Waals surface area (Å²) >= 11 is 0. The first kappa shape index (κ1) is 14.3. The highest BCUT2D eigenvalue weighted by molar-refractivity contribution is 5.77. The minimum atomic E-state index is 0.279. The van der Waals surface area contributed by atoms with Gasteiger partial charge in [-0.3, -0.25) is 0 Å². The van der Waals surface area contributed by atoms with E-state index in [1.54, 1.807) is 12.2 Å². The van der Waals surface area contributed by atoms with E-state index in [2.05, 4.69) is 48.0 Å². The Morgan fingerprint density at radius 3 is 2.48 bits per heavy atom. The van der Waals surface area contributed by atoms with Crippen molar-refractivity contribution in [3.8, 4) is 12.3 Å². The Hall–Kier alpha value is -3.66. The molecule has 0 fully saturated rings. The Balaban J connectivity index is 2.03. The largest absolute Gasteiger partial charge is 0.337 e. The van der Waals surface area contributed by atoms with Gasteiger partial charge in [-0.05, 0) is 28.5 Å². The van der Waals surface area contributed by atoms with E-state index in [-0.39, 0.29) is 5.65 Å². The van der Waals surface area contributed by atoms with Crippen molar-refractivity contribution in [1.82, 2.24) is 20.3 Å². The van der Waals surface area contributed by atoms with E-state index in [1.165, 1.54) is 0 Å². The average Bonchev–Trinajstić information content (AvgIpc) is 3.02. The number of hydrogen-bond donors (Lipinski definition) is 2. The second-order valence-corrected chi connectivity index (χ2v) is 4.41. The van der Waals surface area contributed by atoms with E-state index in [0.29, 0.717) is 23.0 Å². The summed E-state index contributed by atoms with van der Waals surface area (Å²) in [5, 5.41) is 13.6. The van der Waals surface area contributed by atoms with E-state index < -0.39 is 0 Å². The van der Waals surface area contributed by atoms with Crippen molar-refractivity contribution in [2.24, 2.45) is 0 Å². The maximum absolute atomic E-state index is 5.46. The normalized spacial score (nSPS) is 11.0. The Labute approximate surface area is 132 Å². The summed E-state index contributed by atoms with van der Waals surface area (Å²) in [6.45, 7) is 3.62. The molecule has 1 aromatic carbocycles. The molecule has 0 atom stereocenters. The number of fused-ring (bicyclic) bond motifs is 1. The number of hydrogen-bond acceptors (Lipinski definition) is 7. The fourth-order valence-corrected chi connectivity index (χ4v) is 1.84. The van der Waals surface area contributed by atoms with Crippen molar-refractivity contribution >= 4 is 28.6 Å². The minimum Gasteiger partial charge on any atom is -0.337 e. The highest BCUT2D eigenvalue weighted by atomic mass is 16.6. The van der Waals surface area contributed by atoms with Crippen molar-refractivity contribution in [1.29, 1.82) is 0 Å². The predicted molar refractivity (Wildman–Crippen MR) is 87.9 cm³/mol. The van der Waals surface area contributed by atoms with Gasteiger partial charge >= 0.3 is 0 Å². The summed E-state index contributed by atoms with van der Waals surface area (Å²) in [6.07, 6.45) is 8.69. The Bertz CT molecular complexity index is 907. The summed E-state index contributed by atoms with van der Waals surface area (Å²) in [7, 11) is 0. The number of benzene rings is 1. The van der Waals surface area contributed by atoms with Crippen LogP contribution in [0.5, 0.6) is 0 Å². The van der Waals surface area contributed by atoms with Crippen molar-refractivity contribution in [2.75, 3.05) is 10.6 Å². The topological polar surface area (TPSA) is 88.8 Å². The SMILES string of the molecule is C#C/C(=C\C=C)Nc1nc2nonc2nc1Nc1ccccc1. The van der Waals surface area contributed by atoms with Crippen LogP contribution in [0.3, 0.4) is 0 Å². The summed E-state index contributed by atoms with van der Waals surface area (Å²) in [5.74, 6) is 3.36. The lowest BCUT2D eigenvalue weighted by Crippen LogP contribution is -2.06. The molecule has 0 amide bonds. The highest BCUT2D eigenvalue weighted by Crippen LogP contribution is 2.24. The quantitative estimate of drug-likeness (QED) is 0.553. The summed E-state index contributed by atoms with van der Waals surface area (Å²) in [4.78, 5) is 8.68. The first-order valence-corrected chi connectivity index (χ1v) is 6.69. The maximum Gasteiger partial charge on any atom is 0.245 e. The fraction of sp³-hybridized carbons (Fsp3) is 0. The highest BCUT2D eigenvalue weighted by Gasteiger charge is 2.13. The van der Waals surface area contributed by atoms with Crippen LogP contribution in [-0.4, -0.2) is 20.3 Å². The van der Waals surface area contributed by atoms with Crippen LogP contribution in [0.2, 0.25) is 0 Å². The van der Waals surface area contributed by atoms with E-state index >= 15 is 0 Å². The van der Waals surface area contributed by atoms with E-state index in [0.717, 1.165) is 5.69 Å². The van der Waals surface area contributed by atoms with Crippen molar-refractivity contribution in [3.63, 3.8) is 0 Å². The van der Waals surface area contributed by atoms with Crippen LogP contribution < -0.4 is 10.6 Å². The Kier molecular flexibility index (Phi) is 3.98. The predicted octanol–water partition coefficient (Wildman–Crippen LogP) is 2.87. The molecule has 0 aliphatic heterocycles. The van der Waals surface area contributed by atoms with Crippen LogP contribution in [-0.2, 0) is 0 Å². The lowest BCUT2D eigenvalue weighted by molar-refractivity contribution is 0.314. The lowest BCUT2D eigenvalue weighted by atomic mass is 10.3. The van der Waals surface area contributed by atoms with E-state index in [4.69, 9.17) is 6.42 Å². The summed E-state index contributed by atoms with van der Waals surface area (Å²) < 4.78 is 4.65. The van der Waals surface area contributed by atoms with Gasteiger partial charge in [0, 0.05) is 5.69 Å². The molecular formula is C16H12N6O. The molecule has 0 radical (unpaired) electrons. The fourth-order valence-electron chi connectivity index (χ4n) is 1.84. The van der Waals surface area contributed by atoms with Crippen LogP contribution in [0.15, 0.2) is 59.4 Å². The minimum absolute atomic E-state index is 0.279. The number of para-hydroxylation sites is 1. The molecule has 3 aromatic rings. The Morgan fingerprint density at radius 1 is 1.13 bits per heavy atom. The number of allylic oxidation sites excluding steroid dienone is 3. The molecule has 0 aliphatic carbocycles. The molecule has 0 saturated heterocycles. The zero-order chi connectivity index (χ0) is 16.1. The number of aromatic nitrogens is 4. The zero-order valence-electron chi connectivity index (χ0n) is 12.0. The molecule has 0 unspecified atom stereocenters. The van der Waals surface area contributed by atoms with Gasteiger partial charge in [0.25, 0.3) is 0 Å². The van der Waals surface area contributed by atoms with E-state index in [9.17, 15) is 0 Å². The second kappa shape index (κ2) is 6.41. The van der Waals surface area contributed by atoms with E-state index in [1.807, 2.05) is 30.3 Å². The molecule has 7 nitrogen and oxygen atoms in total. The van der Waals surface area contributed by atoms with Crippen molar-refractivity contribution < 1.29 is 4.63 Å². The van der Waals surface area contributed by atoms with Crippen LogP contribution in [0.4, 0.5) is 17.3 Å². The molecule has 0 aliphatic rings. The molecule has 0 saturated carbocycles. The van der Waals surface area contributed by atoms with Gasteiger partial charge in [-0.1, -0.05) is 36.8 Å². The number of nitrogens with zero attached hydrogens (tertiary/aromatic N) is 4. The third-order valence-electron chi connectivity index (χ3n) is 2.84. The number of terminal acetylenes is 1. The number of rotatable bonds is 5. The molecule has 23 heavy (non-hydrogen) atoms. The third kappa shape index (κ3) is 3.16. The van der Waals surface area contributed by atoms with Gasteiger partial charge in [0.05, 0.1) is 5.70 Å². The lowest BCUT2D eigenvalue weighted by Gasteiger charge is -2.11. The van der Waals surface area contributed by atoms with Gasteiger partial charge in [-0.25, -0.2) is 14.6 Å². The molecule has 2 N–H and O–H groups in total. The molecule has 0 spiro atoms. The Morgan fingerprint density at radius 2 is 1.83 bits per heavy atom. The van der Waals surface area contributed by atoms with Gasteiger partial charge in [0.2, 0.25) is 11.3 Å². The van der Waals surface area contributed by atoms with Gasteiger partial charge < -0.3 is 10.6 Å². The monoisotopic (exact) mass is 304 g/mol. The van der Waals surface area contributed by atoms with Crippen molar-refractivity contribution in [2.45, 2.75) is 0 Å². The molecule has 112 valence electrons. The van der Waals surface area contributed by atoms with Gasteiger partial charge in [-0.2, -0.15) is 0 Å². The average molecular weight is 304 g/mol. The smallest absolute Gasteiger partial charge is 0.245 e. The molecule has 2 heterocycles. The van der Waals surface area contributed by atoms with Gasteiger partial charge in [-0.15, -0.1) is 6.42 Å². The number of nitrogens with one attached hydrogen (secondary N) is 2. The summed E-state index contributed by atoms with van der Waals surface area (Å²) in [6, 6.07) is 9.54. The molecule has 2 aromatic heterocycles. The second-order valence-electron chi connectivity index (χ2n) is 4.41. The summed E-state index contributed by atoms with van der Waals surface area (Å²) in [5.41, 5.74) is 1.90. The zero-order valence-corrected chi connectivity index (χ0v) is 12.0. The van der Waals surface area contributed by atoms with Crippen molar-refractivity contribution in [3.05, 3.63) is 54.8 Å². The number of anilines is 3. The molecule has 7 heteroatoms. The molecule has 3 rings (SSSR count). The maximum atomic E-state index is 5.46. The van der Waals surface area contributed by atoms with Crippen LogP contribution in [0, 0.1) is 12.3 Å². The van der Waals surface area contributed by atoms with Crippen LogP contribution in [0.25, 0.3) is 11.3 Å².